The fraction of sp³-hybridized carbons (Fsp3) is 0.286. The Kier molecular flexibility index (Phi) is 3.96. The highest BCUT2D eigenvalue weighted by atomic mass is 16.2. The maximum Gasteiger partial charge on any atom is 0.219 e. The summed E-state index contributed by atoms with van der Waals surface area (Å²) in [6.45, 7) is 3.06. The Morgan fingerprint density at radius 3 is 1.68 bits per heavy atom. The van der Waals surface area contributed by atoms with Crippen molar-refractivity contribution >= 4 is 17.3 Å². The molecule has 1 spiro atoms. The number of benzene rings is 2. The standard InChI is InChI=1S/C21H21N3O/c1-16(25)24-14-12-21(13-15-24)22-19(17-8-4-2-5-9-17)20(23-21)18-10-6-3-7-11-18/h2-11H,12-15H2,1H3. The molecule has 0 unspecified atom stereocenters. The molecule has 25 heavy (non-hydrogen) atoms. The van der Waals surface area contributed by atoms with E-state index in [1.54, 1.807) is 6.92 Å². The first-order valence-electron chi connectivity index (χ1n) is 8.73. The van der Waals surface area contributed by atoms with Crippen molar-refractivity contribution in [2.45, 2.75) is 25.4 Å². The topological polar surface area (TPSA) is 45.0 Å². The number of rotatable bonds is 2. The Hall–Kier alpha value is -2.75. The highest BCUT2D eigenvalue weighted by molar-refractivity contribution is 6.54. The summed E-state index contributed by atoms with van der Waals surface area (Å²) in [5.74, 6) is 0.132. The molecule has 1 amide bonds. The van der Waals surface area contributed by atoms with Gasteiger partial charge in [0, 0.05) is 44.0 Å². The Morgan fingerprint density at radius 1 is 0.840 bits per heavy atom. The minimum Gasteiger partial charge on any atom is -0.343 e. The molecule has 2 aromatic carbocycles. The molecule has 4 heteroatoms. The maximum atomic E-state index is 11.6. The molecule has 1 fully saturated rings. The smallest absolute Gasteiger partial charge is 0.219 e. The number of aliphatic imine (C=N–C) groups is 2. The first kappa shape index (κ1) is 15.8. The van der Waals surface area contributed by atoms with Gasteiger partial charge >= 0.3 is 0 Å². The van der Waals surface area contributed by atoms with E-state index in [9.17, 15) is 4.79 Å². The van der Waals surface area contributed by atoms with Crippen molar-refractivity contribution in [3.63, 3.8) is 0 Å². The van der Waals surface area contributed by atoms with Crippen LogP contribution in [0, 0.1) is 0 Å². The molecule has 0 saturated carbocycles. The fourth-order valence-electron chi connectivity index (χ4n) is 3.55. The normalized spacial score (nSPS) is 18.8. The number of hydrogen-bond acceptors (Lipinski definition) is 3. The highest BCUT2D eigenvalue weighted by Crippen LogP contribution is 2.34. The lowest BCUT2D eigenvalue weighted by Crippen LogP contribution is -2.43. The van der Waals surface area contributed by atoms with Crippen LogP contribution in [-0.2, 0) is 4.79 Å². The fourth-order valence-corrected chi connectivity index (χ4v) is 3.55. The molecular weight excluding hydrogens is 310 g/mol. The second-order valence-electron chi connectivity index (χ2n) is 6.64. The van der Waals surface area contributed by atoms with Crippen molar-refractivity contribution in [3.05, 3.63) is 71.8 Å². The molecule has 0 N–H and O–H groups in total. The van der Waals surface area contributed by atoms with E-state index < -0.39 is 5.66 Å². The molecule has 2 aliphatic rings. The predicted octanol–water partition coefficient (Wildman–Crippen LogP) is 3.32. The van der Waals surface area contributed by atoms with Crippen LogP contribution >= 0.6 is 0 Å². The average molecular weight is 331 g/mol. The second-order valence-corrected chi connectivity index (χ2v) is 6.64. The average Bonchev–Trinajstić information content (AvgIpc) is 3.03. The number of nitrogens with zero attached hydrogens (tertiary/aromatic N) is 3. The number of carbonyl (C=O) groups excluding carboxylic acids is 1. The minimum atomic E-state index is -0.428. The van der Waals surface area contributed by atoms with E-state index in [4.69, 9.17) is 9.98 Å². The summed E-state index contributed by atoms with van der Waals surface area (Å²) >= 11 is 0. The van der Waals surface area contributed by atoms with Crippen LogP contribution in [0.1, 0.15) is 30.9 Å². The number of piperidine rings is 1. The molecule has 4 nitrogen and oxygen atoms in total. The largest absolute Gasteiger partial charge is 0.343 e. The van der Waals surface area contributed by atoms with Gasteiger partial charge in [-0.3, -0.25) is 14.8 Å². The van der Waals surface area contributed by atoms with Crippen molar-refractivity contribution in [1.82, 2.24) is 4.90 Å². The van der Waals surface area contributed by atoms with Gasteiger partial charge in [-0.05, 0) is 0 Å². The van der Waals surface area contributed by atoms with E-state index in [0.29, 0.717) is 13.1 Å². The Morgan fingerprint density at radius 2 is 1.28 bits per heavy atom. The number of likely N-dealkylation sites (tertiary alicyclic amines) is 1. The van der Waals surface area contributed by atoms with E-state index in [0.717, 1.165) is 35.4 Å². The van der Waals surface area contributed by atoms with Crippen molar-refractivity contribution < 1.29 is 4.79 Å². The molecule has 0 aliphatic carbocycles. The highest BCUT2D eigenvalue weighted by Gasteiger charge is 2.40. The summed E-state index contributed by atoms with van der Waals surface area (Å²) in [7, 11) is 0. The summed E-state index contributed by atoms with van der Waals surface area (Å²) in [6.07, 6.45) is 1.55. The summed E-state index contributed by atoms with van der Waals surface area (Å²) in [5, 5.41) is 0. The summed E-state index contributed by atoms with van der Waals surface area (Å²) in [4.78, 5) is 23.7. The van der Waals surface area contributed by atoms with E-state index in [-0.39, 0.29) is 5.91 Å². The Labute approximate surface area is 147 Å². The summed E-state index contributed by atoms with van der Waals surface area (Å²) in [5.41, 5.74) is 3.68. The van der Waals surface area contributed by atoms with E-state index >= 15 is 0 Å². The van der Waals surface area contributed by atoms with Crippen LogP contribution in [0.4, 0.5) is 0 Å². The molecule has 4 rings (SSSR count). The van der Waals surface area contributed by atoms with Crippen LogP contribution in [-0.4, -0.2) is 41.0 Å². The first-order valence-corrected chi connectivity index (χ1v) is 8.73. The van der Waals surface area contributed by atoms with E-state index in [1.165, 1.54) is 0 Å². The van der Waals surface area contributed by atoms with Crippen LogP contribution in [0.15, 0.2) is 70.6 Å². The van der Waals surface area contributed by atoms with Gasteiger partial charge in [-0.2, -0.15) is 0 Å². The molecular formula is C21H21N3O. The second kappa shape index (κ2) is 6.28. The lowest BCUT2D eigenvalue weighted by atomic mass is 9.98. The zero-order valence-electron chi connectivity index (χ0n) is 14.4. The van der Waals surface area contributed by atoms with Gasteiger partial charge in [-0.1, -0.05) is 60.7 Å². The van der Waals surface area contributed by atoms with Gasteiger partial charge < -0.3 is 4.90 Å². The number of carbonyl (C=O) groups is 1. The van der Waals surface area contributed by atoms with Crippen LogP contribution in [0.25, 0.3) is 0 Å². The van der Waals surface area contributed by atoms with Crippen molar-refractivity contribution in [2.75, 3.05) is 13.1 Å². The molecule has 2 aromatic rings. The first-order chi connectivity index (χ1) is 12.2. The van der Waals surface area contributed by atoms with Crippen molar-refractivity contribution in [1.29, 1.82) is 0 Å². The SMILES string of the molecule is CC(=O)N1CCC2(CC1)N=C(c1ccccc1)C(c1ccccc1)=N2. The van der Waals surface area contributed by atoms with E-state index in [2.05, 4.69) is 24.3 Å². The quantitative estimate of drug-likeness (QED) is 0.832. The molecule has 0 radical (unpaired) electrons. The Bertz CT molecular complexity index is 774. The molecule has 0 bridgehead atoms. The van der Waals surface area contributed by atoms with Crippen LogP contribution in [0.3, 0.4) is 0 Å². The third-order valence-corrected chi connectivity index (χ3v) is 4.97. The minimum absolute atomic E-state index is 0.132. The molecule has 126 valence electrons. The molecule has 1 saturated heterocycles. The summed E-state index contributed by atoms with van der Waals surface area (Å²) in [6, 6.07) is 20.5. The Balaban J connectivity index is 1.74. The van der Waals surface area contributed by atoms with Gasteiger partial charge in [0.2, 0.25) is 5.91 Å². The lowest BCUT2D eigenvalue weighted by molar-refractivity contribution is -0.130. The van der Waals surface area contributed by atoms with Gasteiger partial charge in [0.05, 0.1) is 11.4 Å². The maximum absolute atomic E-state index is 11.6. The predicted molar refractivity (Wildman–Crippen MR) is 100 cm³/mol. The lowest BCUT2D eigenvalue weighted by Gasteiger charge is -2.34. The van der Waals surface area contributed by atoms with Gasteiger partial charge in [-0.25, -0.2) is 0 Å². The molecule has 2 aliphatic heterocycles. The number of amides is 1. The zero-order valence-corrected chi connectivity index (χ0v) is 14.4. The van der Waals surface area contributed by atoms with Gasteiger partial charge in [0.1, 0.15) is 0 Å². The van der Waals surface area contributed by atoms with Crippen LogP contribution in [0.5, 0.6) is 0 Å². The van der Waals surface area contributed by atoms with Gasteiger partial charge in [0.15, 0.2) is 5.66 Å². The molecule has 0 atom stereocenters. The van der Waals surface area contributed by atoms with Crippen molar-refractivity contribution in [3.8, 4) is 0 Å². The molecule has 0 aromatic heterocycles. The van der Waals surface area contributed by atoms with E-state index in [1.807, 2.05) is 41.3 Å². The van der Waals surface area contributed by atoms with Crippen LogP contribution in [0.2, 0.25) is 0 Å². The van der Waals surface area contributed by atoms with Gasteiger partial charge in [-0.15, -0.1) is 0 Å². The molecule has 2 heterocycles. The van der Waals surface area contributed by atoms with Gasteiger partial charge in [0.25, 0.3) is 0 Å². The van der Waals surface area contributed by atoms with Crippen LogP contribution < -0.4 is 0 Å². The van der Waals surface area contributed by atoms with Crippen molar-refractivity contribution in [2.24, 2.45) is 9.98 Å². The zero-order chi connectivity index (χ0) is 17.3. The monoisotopic (exact) mass is 331 g/mol. The third-order valence-electron chi connectivity index (χ3n) is 4.97. The summed E-state index contributed by atoms with van der Waals surface area (Å²) < 4.78 is 0. The third kappa shape index (κ3) is 3.00. The number of hydrogen-bond donors (Lipinski definition) is 0.